The van der Waals surface area contributed by atoms with Crippen LogP contribution in [-0.2, 0) is 4.74 Å². The number of aromatic nitrogens is 3. The van der Waals surface area contributed by atoms with Gasteiger partial charge in [-0.15, -0.1) is 0 Å². The highest BCUT2D eigenvalue weighted by Gasteiger charge is 2.15. The monoisotopic (exact) mass is 342 g/mol. The van der Waals surface area contributed by atoms with E-state index >= 15 is 0 Å². The molecular weight excluding hydrogens is 324 g/mol. The predicted octanol–water partition coefficient (Wildman–Crippen LogP) is 2.20. The van der Waals surface area contributed by atoms with Gasteiger partial charge in [0.2, 0.25) is 0 Å². The zero-order valence-corrected chi connectivity index (χ0v) is 14.1. The van der Waals surface area contributed by atoms with Crippen molar-refractivity contribution < 1.29 is 19.0 Å². The minimum Gasteiger partial charge on any atom is -0.493 e. The number of ether oxygens (including phenoxy) is 3. The zero-order chi connectivity index (χ0) is 18.0. The van der Waals surface area contributed by atoms with E-state index in [1.165, 1.54) is 0 Å². The van der Waals surface area contributed by atoms with Crippen molar-refractivity contribution in [2.24, 2.45) is 0 Å². The molecule has 25 heavy (non-hydrogen) atoms. The molecule has 8 nitrogen and oxygen atoms in total. The van der Waals surface area contributed by atoms with Gasteiger partial charge >= 0.3 is 5.97 Å². The van der Waals surface area contributed by atoms with Crippen molar-refractivity contribution in [1.82, 2.24) is 14.5 Å². The highest BCUT2D eigenvalue weighted by Crippen LogP contribution is 2.32. The summed E-state index contributed by atoms with van der Waals surface area (Å²) >= 11 is 0. The summed E-state index contributed by atoms with van der Waals surface area (Å²) in [7, 11) is 3.13. The predicted molar refractivity (Wildman–Crippen MR) is 92.3 cm³/mol. The number of pyridine rings is 1. The Morgan fingerprint density at radius 1 is 1.20 bits per heavy atom. The van der Waals surface area contributed by atoms with Gasteiger partial charge in [-0.25, -0.2) is 14.8 Å². The van der Waals surface area contributed by atoms with Gasteiger partial charge in [0.15, 0.2) is 11.5 Å². The number of benzene rings is 1. The Balaban J connectivity index is 2.07. The van der Waals surface area contributed by atoms with Crippen molar-refractivity contribution in [3.63, 3.8) is 0 Å². The van der Waals surface area contributed by atoms with E-state index in [9.17, 15) is 4.79 Å². The van der Waals surface area contributed by atoms with Crippen LogP contribution in [0.4, 0.5) is 5.82 Å². The number of methoxy groups -OCH3 is 2. The number of nitrogens with two attached hydrogens (primary N) is 1. The Labute approximate surface area is 144 Å². The summed E-state index contributed by atoms with van der Waals surface area (Å²) in [5.74, 6) is 1.29. The van der Waals surface area contributed by atoms with Gasteiger partial charge in [0.25, 0.3) is 0 Å². The number of anilines is 1. The molecule has 0 unspecified atom stereocenters. The summed E-state index contributed by atoms with van der Waals surface area (Å²) in [6, 6.07) is 6.85. The van der Waals surface area contributed by atoms with Crippen LogP contribution in [0.15, 0.2) is 30.6 Å². The molecular formula is C17H18N4O4. The first kappa shape index (κ1) is 16.6. The number of carbonyl (C=O) groups is 1. The fourth-order valence-corrected chi connectivity index (χ4v) is 2.50. The maximum absolute atomic E-state index is 11.8. The fourth-order valence-electron chi connectivity index (χ4n) is 2.50. The molecule has 0 saturated carbocycles. The summed E-state index contributed by atoms with van der Waals surface area (Å²) < 4.78 is 17.3. The van der Waals surface area contributed by atoms with Crippen LogP contribution in [0.1, 0.15) is 17.3 Å². The van der Waals surface area contributed by atoms with E-state index in [-0.39, 0.29) is 18.0 Å². The molecule has 0 spiro atoms. The van der Waals surface area contributed by atoms with Crippen LogP contribution in [0, 0.1) is 0 Å². The van der Waals surface area contributed by atoms with Gasteiger partial charge < -0.3 is 19.9 Å². The number of nitrogens with zero attached hydrogens (tertiary/aromatic N) is 3. The molecule has 0 radical (unpaired) electrons. The van der Waals surface area contributed by atoms with E-state index in [1.54, 1.807) is 56.3 Å². The van der Waals surface area contributed by atoms with E-state index in [1.807, 2.05) is 0 Å². The lowest BCUT2D eigenvalue weighted by Gasteiger charge is -2.10. The molecule has 0 aliphatic carbocycles. The molecule has 3 rings (SSSR count). The van der Waals surface area contributed by atoms with Crippen LogP contribution < -0.4 is 15.2 Å². The van der Waals surface area contributed by atoms with Crippen molar-refractivity contribution in [1.29, 1.82) is 0 Å². The van der Waals surface area contributed by atoms with E-state index < -0.39 is 5.97 Å². The number of esters is 1. The maximum atomic E-state index is 11.8. The van der Waals surface area contributed by atoms with Crippen molar-refractivity contribution in [3.8, 4) is 17.3 Å². The summed E-state index contributed by atoms with van der Waals surface area (Å²) in [5.41, 5.74) is 7.63. The number of carbonyl (C=O) groups excluding carboxylic acids is 1. The molecule has 0 atom stereocenters. The van der Waals surface area contributed by atoms with Gasteiger partial charge in [-0.05, 0) is 19.1 Å². The van der Waals surface area contributed by atoms with Crippen LogP contribution in [0.5, 0.6) is 11.5 Å². The first-order valence-corrected chi connectivity index (χ1v) is 7.62. The third kappa shape index (κ3) is 2.93. The van der Waals surface area contributed by atoms with Gasteiger partial charge in [0.1, 0.15) is 23.5 Å². The maximum Gasteiger partial charge on any atom is 0.341 e. The minimum atomic E-state index is -0.499. The molecule has 0 amide bonds. The van der Waals surface area contributed by atoms with Gasteiger partial charge in [-0.2, -0.15) is 0 Å². The second-order valence-corrected chi connectivity index (χ2v) is 5.13. The lowest BCUT2D eigenvalue weighted by Crippen LogP contribution is -2.10. The number of rotatable bonds is 5. The van der Waals surface area contributed by atoms with E-state index in [4.69, 9.17) is 19.9 Å². The quantitative estimate of drug-likeness (QED) is 0.709. The molecule has 0 aliphatic rings. The first-order valence-electron chi connectivity index (χ1n) is 7.62. The third-order valence-corrected chi connectivity index (χ3v) is 3.70. The molecule has 0 aliphatic heterocycles. The number of hydrogen-bond acceptors (Lipinski definition) is 7. The largest absolute Gasteiger partial charge is 0.493 e. The van der Waals surface area contributed by atoms with E-state index in [0.29, 0.717) is 22.8 Å². The van der Waals surface area contributed by atoms with Gasteiger partial charge in [0, 0.05) is 12.1 Å². The highest BCUT2D eigenvalue weighted by atomic mass is 16.5. The number of nitrogen functional groups attached to an aromatic ring is 1. The Morgan fingerprint density at radius 3 is 2.56 bits per heavy atom. The Kier molecular flexibility index (Phi) is 4.42. The van der Waals surface area contributed by atoms with Gasteiger partial charge in [-0.1, -0.05) is 0 Å². The second kappa shape index (κ2) is 6.68. The molecule has 2 aromatic heterocycles. The average Bonchev–Trinajstić information content (AvgIpc) is 3.03. The zero-order valence-electron chi connectivity index (χ0n) is 14.1. The summed E-state index contributed by atoms with van der Waals surface area (Å²) in [5, 5.41) is 0. The highest BCUT2D eigenvalue weighted by molar-refractivity contribution is 5.94. The van der Waals surface area contributed by atoms with Crippen LogP contribution in [0.25, 0.3) is 16.9 Å². The standard InChI is InChI=1S/C17H18N4O4/c1-4-25-17(22)10-5-6-15(20-16(10)18)21-9-19-11-7-13(23-2)14(24-3)8-12(11)21/h5-9H,4H2,1-3H3,(H2,18,20). The molecule has 8 heteroatoms. The third-order valence-electron chi connectivity index (χ3n) is 3.70. The fraction of sp³-hybridized carbons (Fsp3) is 0.235. The lowest BCUT2D eigenvalue weighted by molar-refractivity contribution is 0.0527. The summed E-state index contributed by atoms with van der Waals surface area (Å²) in [6.07, 6.45) is 1.62. The van der Waals surface area contributed by atoms with Crippen molar-refractivity contribution in [2.75, 3.05) is 26.6 Å². The Morgan fingerprint density at radius 2 is 1.92 bits per heavy atom. The Bertz CT molecular complexity index is 936. The number of imidazole rings is 1. The van der Waals surface area contributed by atoms with Crippen LogP contribution in [0.2, 0.25) is 0 Å². The van der Waals surface area contributed by atoms with E-state index in [2.05, 4.69) is 9.97 Å². The SMILES string of the molecule is CCOC(=O)c1ccc(-n2cnc3cc(OC)c(OC)cc32)nc1N. The van der Waals surface area contributed by atoms with Gasteiger partial charge in [-0.3, -0.25) is 4.57 Å². The van der Waals surface area contributed by atoms with Crippen LogP contribution in [-0.4, -0.2) is 41.3 Å². The molecule has 0 fully saturated rings. The lowest BCUT2D eigenvalue weighted by atomic mass is 10.2. The normalized spacial score (nSPS) is 10.7. The molecule has 2 N–H and O–H groups in total. The number of hydrogen-bond donors (Lipinski definition) is 1. The topological polar surface area (TPSA) is 101 Å². The number of fused-ring (bicyclic) bond motifs is 1. The van der Waals surface area contributed by atoms with Crippen LogP contribution in [0.3, 0.4) is 0 Å². The molecule has 3 aromatic rings. The molecule has 0 bridgehead atoms. The summed E-state index contributed by atoms with van der Waals surface area (Å²) in [4.78, 5) is 20.5. The molecule has 2 heterocycles. The second-order valence-electron chi connectivity index (χ2n) is 5.13. The molecule has 130 valence electrons. The average molecular weight is 342 g/mol. The van der Waals surface area contributed by atoms with Crippen LogP contribution >= 0.6 is 0 Å². The minimum absolute atomic E-state index is 0.0956. The van der Waals surface area contributed by atoms with Gasteiger partial charge in [0.05, 0.1) is 31.9 Å². The van der Waals surface area contributed by atoms with Crippen molar-refractivity contribution in [2.45, 2.75) is 6.92 Å². The summed E-state index contributed by atoms with van der Waals surface area (Å²) in [6.45, 7) is 2.00. The Hall–Kier alpha value is -3.29. The first-order chi connectivity index (χ1) is 12.1. The molecule has 1 aromatic carbocycles. The van der Waals surface area contributed by atoms with E-state index in [0.717, 1.165) is 5.52 Å². The molecule has 0 saturated heterocycles. The smallest absolute Gasteiger partial charge is 0.341 e. The van der Waals surface area contributed by atoms with Crippen molar-refractivity contribution in [3.05, 3.63) is 36.2 Å². The van der Waals surface area contributed by atoms with Crippen molar-refractivity contribution >= 4 is 22.8 Å².